The monoisotopic (exact) mass is 332 g/mol. The van der Waals surface area contributed by atoms with Gasteiger partial charge in [0.2, 0.25) is 5.88 Å². The zero-order chi connectivity index (χ0) is 14.7. The highest BCUT2D eigenvalue weighted by Crippen LogP contribution is 2.34. The molecule has 1 heterocycles. The van der Waals surface area contributed by atoms with Crippen molar-refractivity contribution in [2.75, 3.05) is 19.5 Å². The number of nitrogens with one attached hydrogen (secondary N) is 1. The summed E-state index contributed by atoms with van der Waals surface area (Å²) in [7, 11) is 2.72. The highest BCUT2D eigenvalue weighted by molar-refractivity contribution is 7.11. The lowest BCUT2D eigenvalue weighted by molar-refractivity contribution is 0.0598. The first-order valence-corrected chi connectivity index (χ1v) is 6.93. The highest BCUT2D eigenvalue weighted by Gasteiger charge is 2.22. The van der Waals surface area contributed by atoms with Crippen molar-refractivity contribution in [3.63, 3.8) is 0 Å². The molecular formula is C12H10Cl2N2O3S. The molecule has 1 aromatic heterocycles. The maximum atomic E-state index is 11.8. The van der Waals surface area contributed by atoms with Gasteiger partial charge in [-0.15, -0.1) is 0 Å². The van der Waals surface area contributed by atoms with Crippen LogP contribution < -0.4 is 10.1 Å². The van der Waals surface area contributed by atoms with Crippen LogP contribution in [0.25, 0.3) is 0 Å². The van der Waals surface area contributed by atoms with Crippen molar-refractivity contribution in [1.29, 1.82) is 0 Å². The average Bonchev–Trinajstić information content (AvgIpc) is 2.79. The molecule has 0 aliphatic heterocycles. The number of hydrogen-bond acceptors (Lipinski definition) is 6. The first-order chi connectivity index (χ1) is 9.55. The Balaban J connectivity index is 2.38. The summed E-state index contributed by atoms with van der Waals surface area (Å²) in [5, 5.41) is 4.49. The lowest BCUT2D eigenvalue weighted by atomic mass is 10.3. The van der Waals surface area contributed by atoms with Crippen LogP contribution in [0.5, 0.6) is 5.88 Å². The number of rotatable bonds is 4. The van der Waals surface area contributed by atoms with E-state index >= 15 is 0 Å². The second-order valence-electron chi connectivity index (χ2n) is 3.67. The van der Waals surface area contributed by atoms with E-state index in [2.05, 4.69) is 9.69 Å². The largest absolute Gasteiger partial charge is 0.480 e. The van der Waals surface area contributed by atoms with Gasteiger partial charge in [0.1, 0.15) is 5.00 Å². The van der Waals surface area contributed by atoms with Crippen molar-refractivity contribution >= 4 is 51.4 Å². The Morgan fingerprint density at radius 3 is 2.45 bits per heavy atom. The van der Waals surface area contributed by atoms with Crippen molar-refractivity contribution in [3.05, 3.63) is 33.8 Å². The lowest BCUT2D eigenvalue weighted by Crippen LogP contribution is -2.05. The summed E-state index contributed by atoms with van der Waals surface area (Å²) in [6, 6.07) is 4.98. The molecule has 0 unspecified atom stereocenters. The Kier molecular flexibility index (Phi) is 4.69. The number of aromatic nitrogens is 1. The zero-order valence-electron chi connectivity index (χ0n) is 10.6. The molecule has 0 amide bonds. The van der Waals surface area contributed by atoms with Crippen molar-refractivity contribution in [2.24, 2.45) is 0 Å². The van der Waals surface area contributed by atoms with E-state index in [-0.39, 0.29) is 11.4 Å². The van der Waals surface area contributed by atoms with E-state index in [4.69, 9.17) is 32.7 Å². The number of esters is 1. The number of carbonyl (C=O) groups excluding carboxylic acids is 1. The fourth-order valence-corrected chi connectivity index (χ4v) is 2.83. The predicted molar refractivity (Wildman–Crippen MR) is 79.8 cm³/mol. The maximum absolute atomic E-state index is 11.8. The molecule has 2 aromatic rings. The minimum absolute atomic E-state index is 0.206. The van der Waals surface area contributed by atoms with E-state index < -0.39 is 5.97 Å². The van der Waals surface area contributed by atoms with Crippen LogP contribution >= 0.6 is 34.7 Å². The Morgan fingerprint density at radius 2 is 1.90 bits per heavy atom. The molecule has 0 spiro atoms. The highest BCUT2D eigenvalue weighted by atomic mass is 35.5. The third kappa shape index (κ3) is 3.15. The fourth-order valence-electron chi connectivity index (χ4n) is 1.54. The summed E-state index contributed by atoms with van der Waals surface area (Å²) in [6.07, 6.45) is 0. The van der Waals surface area contributed by atoms with Crippen LogP contribution in [0.4, 0.5) is 10.7 Å². The molecule has 5 nitrogen and oxygen atoms in total. The Bertz CT molecular complexity index is 625. The van der Waals surface area contributed by atoms with Crippen LogP contribution in [0.1, 0.15) is 10.4 Å². The van der Waals surface area contributed by atoms with Crippen LogP contribution in [0.3, 0.4) is 0 Å². The van der Waals surface area contributed by atoms with Gasteiger partial charge in [-0.05, 0) is 29.7 Å². The van der Waals surface area contributed by atoms with Crippen LogP contribution in [0, 0.1) is 0 Å². The number of carbonyl (C=O) groups is 1. The van der Waals surface area contributed by atoms with E-state index in [1.54, 1.807) is 18.2 Å². The third-order valence-electron chi connectivity index (χ3n) is 2.36. The van der Waals surface area contributed by atoms with Crippen LogP contribution in [-0.4, -0.2) is 24.6 Å². The number of nitrogens with zero attached hydrogens (tertiary/aromatic N) is 1. The molecule has 0 saturated carbocycles. The minimum atomic E-state index is -0.536. The minimum Gasteiger partial charge on any atom is -0.480 e. The predicted octanol–water partition coefficient (Wildman–Crippen LogP) is 3.99. The van der Waals surface area contributed by atoms with Gasteiger partial charge < -0.3 is 14.8 Å². The Labute approximate surface area is 129 Å². The molecule has 0 fully saturated rings. The molecule has 0 saturated heterocycles. The van der Waals surface area contributed by atoms with Crippen molar-refractivity contribution in [1.82, 2.24) is 4.37 Å². The quantitative estimate of drug-likeness (QED) is 0.858. The molecule has 20 heavy (non-hydrogen) atoms. The van der Waals surface area contributed by atoms with Gasteiger partial charge >= 0.3 is 5.97 Å². The second-order valence-corrected chi connectivity index (χ2v) is 5.32. The number of benzene rings is 1. The first kappa shape index (κ1) is 14.9. The molecule has 8 heteroatoms. The SMILES string of the molecule is COC(=O)c1c(OC)nsc1Nc1cc(Cl)cc(Cl)c1. The molecule has 0 aliphatic carbocycles. The second kappa shape index (κ2) is 6.30. The summed E-state index contributed by atoms with van der Waals surface area (Å²) >= 11 is 12.9. The smallest absolute Gasteiger partial charge is 0.346 e. The van der Waals surface area contributed by atoms with E-state index in [1.807, 2.05) is 0 Å². The summed E-state index contributed by atoms with van der Waals surface area (Å²) in [6.45, 7) is 0. The Hall–Kier alpha value is -1.50. The Morgan fingerprint density at radius 1 is 1.25 bits per heavy atom. The van der Waals surface area contributed by atoms with Crippen molar-refractivity contribution in [3.8, 4) is 5.88 Å². The maximum Gasteiger partial charge on any atom is 0.346 e. The molecule has 0 bridgehead atoms. The van der Waals surface area contributed by atoms with Gasteiger partial charge in [0.05, 0.1) is 14.2 Å². The van der Waals surface area contributed by atoms with Gasteiger partial charge in [-0.25, -0.2) is 4.79 Å². The summed E-state index contributed by atoms with van der Waals surface area (Å²) < 4.78 is 13.8. The number of hydrogen-bond donors (Lipinski definition) is 1. The van der Waals surface area contributed by atoms with E-state index in [0.717, 1.165) is 11.5 Å². The van der Waals surface area contributed by atoms with Gasteiger partial charge in [-0.2, -0.15) is 4.37 Å². The molecular weight excluding hydrogens is 323 g/mol. The summed E-state index contributed by atoms with van der Waals surface area (Å²) in [5.41, 5.74) is 0.870. The standard InChI is InChI=1S/C12H10Cl2N2O3S/c1-18-10-9(12(17)19-2)11(20-16-10)15-8-4-6(13)3-7(14)5-8/h3-5,15H,1-2H3. The number of ether oxygens (including phenoxy) is 2. The molecule has 0 atom stereocenters. The number of anilines is 2. The molecule has 1 aromatic carbocycles. The molecule has 0 radical (unpaired) electrons. The molecule has 106 valence electrons. The van der Waals surface area contributed by atoms with Gasteiger partial charge in [-0.3, -0.25) is 0 Å². The van der Waals surface area contributed by atoms with Gasteiger partial charge in [0, 0.05) is 15.7 Å². The molecule has 2 rings (SSSR count). The van der Waals surface area contributed by atoms with E-state index in [9.17, 15) is 4.79 Å². The van der Waals surface area contributed by atoms with Crippen molar-refractivity contribution < 1.29 is 14.3 Å². The fraction of sp³-hybridized carbons (Fsp3) is 0.167. The summed E-state index contributed by atoms with van der Waals surface area (Å²) in [5.74, 6) is -0.330. The number of methoxy groups -OCH3 is 2. The van der Waals surface area contributed by atoms with Crippen LogP contribution in [0.15, 0.2) is 18.2 Å². The van der Waals surface area contributed by atoms with Crippen LogP contribution in [0.2, 0.25) is 10.0 Å². The van der Waals surface area contributed by atoms with Crippen LogP contribution in [-0.2, 0) is 4.74 Å². The van der Waals surface area contributed by atoms with E-state index in [0.29, 0.717) is 20.7 Å². The molecule has 1 N–H and O–H groups in total. The average molecular weight is 333 g/mol. The third-order valence-corrected chi connectivity index (χ3v) is 3.55. The zero-order valence-corrected chi connectivity index (χ0v) is 12.9. The van der Waals surface area contributed by atoms with Gasteiger partial charge in [0.15, 0.2) is 5.56 Å². The molecule has 0 aliphatic rings. The summed E-state index contributed by atoms with van der Waals surface area (Å²) in [4.78, 5) is 11.8. The first-order valence-electron chi connectivity index (χ1n) is 5.40. The van der Waals surface area contributed by atoms with E-state index in [1.165, 1.54) is 14.2 Å². The normalized spacial score (nSPS) is 10.2. The van der Waals surface area contributed by atoms with Gasteiger partial charge in [-0.1, -0.05) is 23.2 Å². The lowest BCUT2D eigenvalue weighted by Gasteiger charge is -2.07. The van der Waals surface area contributed by atoms with Gasteiger partial charge in [0.25, 0.3) is 0 Å². The topological polar surface area (TPSA) is 60.5 Å². The van der Waals surface area contributed by atoms with Crippen molar-refractivity contribution in [2.45, 2.75) is 0 Å². The number of halogens is 2.